The second-order valence-electron chi connectivity index (χ2n) is 5.91. The lowest BCUT2D eigenvalue weighted by Gasteiger charge is -2.26. The Morgan fingerprint density at radius 3 is 2.50 bits per heavy atom. The van der Waals surface area contributed by atoms with Gasteiger partial charge in [0.2, 0.25) is 0 Å². The number of fused-ring (bicyclic) bond motifs is 1. The minimum atomic E-state index is -0.738. The smallest absolute Gasteiger partial charge is 0.306 e. The Morgan fingerprint density at radius 2 is 1.86 bits per heavy atom. The number of furan rings is 1. The van der Waals surface area contributed by atoms with E-state index in [1.807, 2.05) is 31.2 Å². The first-order chi connectivity index (χ1) is 10.6. The van der Waals surface area contributed by atoms with Crippen molar-refractivity contribution in [3.63, 3.8) is 0 Å². The van der Waals surface area contributed by atoms with Gasteiger partial charge in [0.25, 0.3) is 5.91 Å². The minimum Gasteiger partial charge on any atom is -0.481 e. The molecule has 1 aromatic carbocycles. The standard InChI is InChI=1S/C17H19NO4/c1-10-13-4-2-3-5-14(13)22-15(10)16(19)18-12-8-6-11(7-9-12)17(20)21/h2-5,11-12H,6-9H2,1H3,(H,18,19)(H,20,21). The third-order valence-electron chi connectivity index (χ3n) is 4.46. The fourth-order valence-corrected chi connectivity index (χ4v) is 3.13. The van der Waals surface area contributed by atoms with E-state index in [0.29, 0.717) is 37.0 Å². The summed E-state index contributed by atoms with van der Waals surface area (Å²) >= 11 is 0. The highest BCUT2D eigenvalue weighted by atomic mass is 16.4. The number of carbonyl (C=O) groups is 2. The highest BCUT2D eigenvalue weighted by Crippen LogP contribution is 2.27. The molecule has 1 aliphatic carbocycles. The highest BCUT2D eigenvalue weighted by molar-refractivity contribution is 5.99. The fourth-order valence-electron chi connectivity index (χ4n) is 3.13. The van der Waals surface area contributed by atoms with E-state index < -0.39 is 5.97 Å². The Balaban J connectivity index is 1.69. The van der Waals surface area contributed by atoms with E-state index >= 15 is 0 Å². The minimum absolute atomic E-state index is 0.0238. The summed E-state index contributed by atoms with van der Waals surface area (Å²) in [7, 11) is 0. The zero-order chi connectivity index (χ0) is 15.7. The molecular weight excluding hydrogens is 282 g/mol. The van der Waals surface area contributed by atoms with E-state index in [9.17, 15) is 9.59 Å². The molecule has 1 aromatic heterocycles. The molecular formula is C17H19NO4. The topological polar surface area (TPSA) is 79.5 Å². The van der Waals surface area contributed by atoms with Gasteiger partial charge in [-0.05, 0) is 38.7 Å². The molecule has 1 fully saturated rings. The molecule has 0 radical (unpaired) electrons. The number of para-hydroxylation sites is 1. The van der Waals surface area contributed by atoms with Gasteiger partial charge in [-0.3, -0.25) is 9.59 Å². The number of nitrogens with one attached hydrogen (secondary N) is 1. The van der Waals surface area contributed by atoms with E-state index in [1.165, 1.54) is 0 Å². The van der Waals surface area contributed by atoms with Crippen LogP contribution in [0.3, 0.4) is 0 Å². The van der Waals surface area contributed by atoms with Gasteiger partial charge in [-0.1, -0.05) is 18.2 Å². The summed E-state index contributed by atoms with van der Waals surface area (Å²) < 4.78 is 5.66. The van der Waals surface area contributed by atoms with Crippen molar-refractivity contribution in [2.45, 2.75) is 38.6 Å². The summed E-state index contributed by atoms with van der Waals surface area (Å²) in [5.41, 5.74) is 1.55. The monoisotopic (exact) mass is 301 g/mol. The number of carboxylic acids is 1. The van der Waals surface area contributed by atoms with Crippen LogP contribution in [0.15, 0.2) is 28.7 Å². The maximum atomic E-state index is 12.4. The van der Waals surface area contributed by atoms with Crippen LogP contribution in [0.2, 0.25) is 0 Å². The maximum Gasteiger partial charge on any atom is 0.306 e. The number of amides is 1. The number of aliphatic carboxylic acids is 1. The molecule has 2 aromatic rings. The van der Waals surface area contributed by atoms with Crippen LogP contribution in [-0.2, 0) is 4.79 Å². The van der Waals surface area contributed by atoms with Crippen molar-refractivity contribution in [3.05, 3.63) is 35.6 Å². The molecule has 5 heteroatoms. The summed E-state index contributed by atoms with van der Waals surface area (Å²) in [6.45, 7) is 1.88. The van der Waals surface area contributed by atoms with Gasteiger partial charge in [-0.15, -0.1) is 0 Å². The van der Waals surface area contributed by atoms with E-state index in [1.54, 1.807) is 0 Å². The molecule has 116 valence electrons. The van der Waals surface area contributed by atoms with Gasteiger partial charge in [-0.25, -0.2) is 0 Å². The van der Waals surface area contributed by atoms with Crippen LogP contribution in [0, 0.1) is 12.8 Å². The van der Waals surface area contributed by atoms with Crippen molar-refractivity contribution in [2.75, 3.05) is 0 Å². The molecule has 0 aliphatic heterocycles. The lowest BCUT2D eigenvalue weighted by Crippen LogP contribution is -2.38. The lowest BCUT2D eigenvalue weighted by atomic mass is 9.86. The Kier molecular flexibility index (Phi) is 3.88. The van der Waals surface area contributed by atoms with E-state index in [0.717, 1.165) is 10.9 Å². The Bertz CT molecular complexity index is 711. The van der Waals surface area contributed by atoms with E-state index in [-0.39, 0.29) is 17.9 Å². The van der Waals surface area contributed by atoms with E-state index in [4.69, 9.17) is 9.52 Å². The van der Waals surface area contributed by atoms with Crippen molar-refractivity contribution in [2.24, 2.45) is 5.92 Å². The second kappa shape index (κ2) is 5.83. The molecule has 1 amide bonds. The second-order valence-corrected chi connectivity index (χ2v) is 5.91. The molecule has 0 bridgehead atoms. The van der Waals surface area contributed by atoms with Crippen LogP contribution in [0.25, 0.3) is 11.0 Å². The van der Waals surface area contributed by atoms with Crippen molar-refractivity contribution >= 4 is 22.8 Å². The number of rotatable bonds is 3. The molecule has 1 saturated carbocycles. The third-order valence-corrected chi connectivity index (χ3v) is 4.46. The number of hydrogen-bond donors (Lipinski definition) is 2. The van der Waals surface area contributed by atoms with Crippen LogP contribution in [0.1, 0.15) is 41.8 Å². The first-order valence-corrected chi connectivity index (χ1v) is 7.58. The summed E-state index contributed by atoms with van der Waals surface area (Å²) in [5, 5.41) is 12.9. The summed E-state index contributed by atoms with van der Waals surface area (Å²) in [6, 6.07) is 7.59. The average Bonchev–Trinajstić information content (AvgIpc) is 2.85. The first kappa shape index (κ1) is 14.6. The molecule has 5 nitrogen and oxygen atoms in total. The lowest BCUT2D eigenvalue weighted by molar-refractivity contribution is -0.142. The van der Waals surface area contributed by atoms with Gasteiger partial charge >= 0.3 is 5.97 Å². The zero-order valence-corrected chi connectivity index (χ0v) is 12.5. The molecule has 0 unspecified atom stereocenters. The van der Waals surface area contributed by atoms with Gasteiger partial charge < -0.3 is 14.8 Å². The molecule has 0 atom stereocenters. The van der Waals surface area contributed by atoms with Gasteiger partial charge in [0.15, 0.2) is 5.76 Å². The van der Waals surface area contributed by atoms with Crippen LogP contribution in [0.4, 0.5) is 0 Å². The van der Waals surface area contributed by atoms with Gasteiger partial charge in [0.1, 0.15) is 5.58 Å². The van der Waals surface area contributed by atoms with Gasteiger partial charge in [0, 0.05) is 17.0 Å². The number of aryl methyl sites for hydroxylation is 1. The Labute approximate surface area is 128 Å². The molecule has 3 rings (SSSR count). The van der Waals surface area contributed by atoms with Gasteiger partial charge in [-0.2, -0.15) is 0 Å². The summed E-state index contributed by atoms with van der Waals surface area (Å²) in [6.07, 6.45) is 2.61. The number of carbonyl (C=O) groups excluding carboxylic acids is 1. The number of benzene rings is 1. The highest BCUT2D eigenvalue weighted by Gasteiger charge is 2.28. The largest absolute Gasteiger partial charge is 0.481 e. The molecule has 1 heterocycles. The van der Waals surface area contributed by atoms with Crippen molar-refractivity contribution in [1.29, 1.82) is 0 Å². The quantitative estimate of drug-likeness (QED) is 0.913. The predicted octanol–water partition coefficient (Wildman–Crippen LogP) is 3.11. The van der Waals surface area contributed by atoms with Gasteiger partial charge in [0.05, 0.1) is 5.92 Å². The first-order valence-electron chi connectivity index (χ1n) is 7.58. The SMILES string of the molecule is Cc1c(C(=O)NC2CCC(C(=O)O)CC2)oc2ccccc12. The predicted molar refractivity (Wildman–Crippen MR) is 81.8 cm³/mol. The third kappa shape index (κ3) is 2.71. The Hall–Kier alpha value is -2.30. The van der Waals surface area contributed by atoms with Crippen LogP contribution in [-0.4, -0.2) is 23.0 Å². The molecule has 1 aliphatic rings. The van der Waals surface area contributed by atoms with Crippen molar-refractivity contribution in [3.8, 4) is 0 Å². The molecule has 0 saturated heterocycles. The summed E-state index contributed by atoms with van der Waals surface area (Å²) in [5.74, 6) is -0.881. The van der Waals surface area contributed by atoms with Crippen LogP contribution >= 0.6 is 0 Å². The van der Waals surface area contributed by atoms with Crippen molar-refractivity contribution < 1.29 is 19.1 Å². The summed E-state index contributed by atoms with van der Waals surface area (Å²) in [4.78, 5) is 23.3. The molecule has 0 spiro atoms. The normalized spacial score (nSPS) is 21.7. The Morgan fingerprint density at radius 1 is 1.18 bits per heavy atom. The van der Waals surface area contributed by atoms with E-state index in [2.05, 4.69) is 5.32 Å². The maximum absolute atomic E-state index is 12.4. The molecule has 2 N–H and O–H groups in total. The number of hydrogen-bond acceptors (Lipinski definition) is 3. The fraction of sp³-hybridized carbons (Fsp3) is 0.412. The van der Waals surface area contributed by atoms with Crippen LogP contribution < -0.4 is 5.32 Å². The van der Waals surface area contributed by atoms with Crippen molar-refractivity contribution in [1.82, 2.24) is 5.32 Å². The number of carboxylic acid groups (broad SMARTS) is 1. The average molecular weight is 301 g/mol. The zero-order valence-electron chi connectivity index (χ0n) is 12.5. The van der Waals surface area contributed by atoms with Crippen LogP contribution in [0.5, 0.6) is 0 Å². The molecule has 22 heavy (non-hydrogen) atoms.